The lowest BCUT2D eigenvalue weighted by molar-refractivity contribution is -0.148. The van der Waals surface area contributed by atoms with Gasteiger partial charge in [0.15, 0.2) is 6.10 Å². The number of hydrogen-bond donors (Lipinski definition) is 2. The van der Waals surface area contributed by atoms with Gasteiger partial charge in [-0.25, -0.2) is 9.59 Å². The van der Waals surface area contributed by atoms with Gasteiger partial charge in [0.2, 0.25) is 0 Å². The average molecular weight is 248 g/mol. The van der Waals surface area contributed by atoms with Gasteiger partial charge in [0.05, 0.1) is 13.2 Å². The predicted octanol–water partition coefficient (Wildman–Crippen LogP) is -0.236. The fourth-order valence-corrected chi connectivity index (χ4v) is 1.17. The standard InChI is InChI=1S/C10H20N2O5/c1-4-12(5-6-16-2)10(15)11-7-8(17-3)9(13)14/h8H,4-7H2,1-3H3,(H,11,15)(H,13,14). The lowest BCUT2D eigenvalue weighted by Gasteiger charge is -2.21. The van der Waals surface area contributed by atoms with Gasteiger partial charge in [0.1, 0.15) is 0 Å². The summed E-state index contributed by atoms with van der Waals surface area (Å²) in [6, 6.07) is -0.326. The van der Waals surface area contributed by atoms with E-state index >= 15 is 0 Å². The Kier molecular flexibility index (Phi) is 8.08. The van der Waals surface area contributed by atoms with Gasteiger partial charge in [-0.2, -0.15) is 0 Å². The third kappa shape index (κ3) is 6.08. The molecule has 17 heavy (non-hydrogen) atoms. The number of carbonyl (C=O) groups is 2. The summed E-state index contributed by atoms with van der Waals surface area (Å²) in [5.41, 5.74) is 0. The number of carboxylic acids is 1. The molecule has 0 saturated heterocycles. The molecule has 0 radical (unpaired) electrons. The Morgan fingerprint density at radius 1 is 1.41 bits per heavy atom. The predicted molar refractivity (Wildman–Crippen MR) is 61.0 cm³/mol. The van der Waals surface area contributed by atoms with Gasteiger partial charge in [0, 0.05) is 27.3 Å². The van der Waals surface area contributed by atoms with E-state index in [4.69, 9.17) is 14.6 Å². The van der Waals surface area contributed by atoms with Crippen LogP contribution in [0.1, 0.15) is 6.92 Å². The van der Waals surface area contributed by atoms with Crippen molar-refractivity contribution >= 4 is 12.0 Å². The van der Waals surface area contributed by atoms with Crippen molar-refractivity contribution in [3.63, 3.8) is 0 Å². The summed E-state index contributed by atoms with van der Waals surface area (Å²) in [6.07, 6.45) is -1.03. The van der Waals surface area contributed by atoms with Gasteiger partial charge < -0.3 is 24.8 Å². The van der Waals surface area contributed by atoms with Gasteiger partial charge in [-0.3, -0.25) is 0 Å². The van der Waals surface area contributed by atoms with Crippen LogP contribution in [0.5, 0.6) is 0 Å². The minimum atomic E-state index is -1.10. The average Bonchev–Trinajstić information content (AvgIpc) is 2.30. The van der Waals surface area contributed by atoms with Crippen molar-refractivity contribution in [3.05, 3.63) is 0 Å². The van der Waals surface area contributed by atoms with E-state index in [-0.39, 0.29) is 12.6 Å². The number of nitrogens with zero attached hydrogens (tertiary/aromatic N) is 1. The van der Waals surface area contributed by atoms with Crippen LogP contribution in [0, 0.1) is 0 Å². The van der Waals surface area contributed by atoms with E-state index in [2.05, 4.69) is 5.32 Å². The summed E-state index contributed by atoms with van der Waals surface area (Å²) in [4.78, 5) is 23.8. The molecule has 0 bridgehead atoms. The van der Waals surface area contributed by atoms with Crippen molar-refractivity contribution in [2.75, 3.05) is 40.5 Å². The molecule has 0 saturated carbocycles. The zero-order chi connectivity index (χ0) is 13.3. The maximum Gasteiger partial charge on any atom is 0.334 e. The molecule has 2 amide bonds. The molecule has 1 atom stereocenters. The molecular weight excluding hydrogens is 228 g/mol. The largest absolute Gasteiger partial charge is 0.479 e. The molecule has 7 nitrogen and oxygen atoms in total. The Morgan fingerprint density at radius 2 is 2.06 bits per heavy atom. The van der Waals surface area contributed by atoms with Crippen LogP contribution >= 0.6 is 0 Å². The molecule has 100 valence electrons. The number of rotatable bonds is 8. The molecule has 1 unspecified atom stereocenters. The van der Waals surface area contributed by atoms with E-state index in [9.17, 15) is 9.59 Å². The van der Waals surface area contributed by atoms with Gasteiger partial charge >= 0.3 is 12.0 Å². The first-order valence-corrected chi connectivity index (χ1v) is 5.34. The number of amides is 2. The number of carboxylic acid groups (broad SMARTS) is 1. The minimum absolute atomic E-state index is 0.0614. The Hall–Kier alpha value is -1.34. The van der Waals surface area contributed by atoms with Crippen molar-refractivity contribution < 1.29 is 24.2 Å². The van der Waals surface area contributed by atoms with E-state index in [1.807, 2.05) is 6.92 Å². The fourth-order valence-electron chi connectivity index (χ4n) is 1.17. The maximum absolute atomic E-state index is 11.6. The van der Waals surface area contributed by atoms with Crippen molar-refractivity contribution in [1.82, 2.24) is 10.2 Å². The first kappa shape index (κ1) is 15.7. The van der Waals surface area contributed by atoms with Crippen LogP contribution in [0.2, 0.25) is 0 Å². The molecule has 0 aliphatic carbocycles. The number of likely N-dealkylation sites (N-methyl/N-ethyl adjacent to an activating group) is 1. The van der Waals surface area contributed by atoms with E-state index in [0.29, 0.717) is 19.7 Å². The van der Waals surface area contributed by atoms with Crippen molar-refractivity contribution in [2.45, 2.75) is 13.0 Å². The van der Waals surface area contributed by atoms with Crippen LogP contribution in [-0.4, -0.2) is 68.6 Å². The second-order valence-corrected chi connectivity index (χ2v) is 3.32. The van der Waals surface area contributed by atoms with Crippen LogP contribution in [0.25, 0.3) is 0 Å². The van der Waals surface area contributed by atoms with Crippen molar-refractivity contribution in [2.24, 2.45) is 0 Å². The molecule has 0 aromatic rings. The van der Waals surface area contributed by atoms with E-state index in [1.54, 1.807) is 7.11 Å². The highest BCUT2D eigenvalue weighted by Crippen LogP contribution is 1.92. The molecule has 0 fully saturated rings. The van der Waals surface area contributed by atoms with Crippen LogP contribution < -0.4 is 5.32 Å². The molecule has 0 rings (SSSR count). The number of aliphatic carboxylic acids is 1. The first-order valence-electron chi connectivity index (χ1n) is 5.34. The van der Waals surface area contributed by atoms with E-state index in [0.717, 1.165) is 0 Å². The van der Waals surface area contributed by atoms with Crippen LogP contribution in [0.3, 0.4) is 0 Å². The molecule has 0 aliphatic rings. The molecule has 0 heterocycles. The van der Waals surface area contributed by atoms with Gasteiger partial charge in [-0.05, 0) is 6.92 Å². The molecule has 7 heteroatoms. The zero-order valence-corrected chi connectivity index (χ0v) is 10.4. The minimum Gasteiger partial charge on any atom is -0.479 e. The van der Waals surface area contributed by atoms with Crippen molar-refractivity contribution in [1.29, 1.82) is 0 Å². The van der Waals surface area contributed by atoms with Crippen LogP contribution in [0.4, 0.5) is 4.79 Å². The molecule has 0 aromatic heterocycles. The smallest absolute Gasteiger partial charge is 0.334 e. The molecule has 2 N–H and O–H groups in total. The normalized spacial score (nSPS) is 11.9. The Labute approximate surface area is 101 Å². The molecule has 0 spiro atoms. The number of methoxy groups -OCH3 is 2. The van der Waals surface area contributed by atoms with Crippen molar-refractivity contribution in [3.8, 4) is 0 Å². The molecule has 0 aromatic carbocycles. The second kappa shape index (κ2) is 8.77. The van der Waals surface area contributed by atoms with Crippen LogP contribution in [0.15, 0.2) is 0 Å². The number of nitrogens with one attached hydrogen (secondary N) is 1. The molecular formula is C10H20N2O5. The third-order valence-electron chi connectivity index (χ3n) is 2.23. The highest BCUT2D eigenvalue weighted by Gasteiger charge is 2.18. The second-order valence-electron chi connectivity index (χ2n) is 3.32. The Bertz CT molecular complexity index is 247. The number of carbonyl (C=O) groups excluding carboxylic acids is 1. The van der Waals surface area contributed by atoms with E-state index < -0.39 is 12.1 Å². The van der Waals surface area contributed by atoms with Crippen LogP contribution in [-0.2, 0) is 14.3 Å². The number of urea groups is 1. The van der Waals surface area contributed by atoms with Gasteiger partial charge in [-0.1, -0.05) is 0 Å². The Morgan fingerprint density at radius 3 is 2.47 bits per heavy atom. The summed E-state index contributed by atoms with van der Waals surface area (Å²) >= 11 is 0. The van der Waals surface area contributed by atoms with Gasteiger partial charge in [0.25, 0.3) is 0 Å². The first-order chi connectivity index (χ1) is 8.06. The summed E-state index contributed by atoms with van der Waals surface area (Å²) in [6.45, 7) is 3.20. The topological polar surface area (TPSA) is 88.1 Å². The summed E-state index contributed by atoms with van der Waals surface area (Å²) < 4.78 is 9.57. The monoisotopic (exact) mass is 248 g/mol. The summed E-state index contributed by atoms with van der Waals surface area (Å²) in [7, 11) is 2.84. The number of hydrogen-bond acceptors (Lipinski definition) is 4. The summed E-state index contributed by atoms with van der Waals surface area (Å²) in [5.74, 6) is -1.10. The summed E-state index contributed by atoms with van der Waals surface area (Å²) in [5, 5.41) is 11.2. The van der Waals surface area contributed by atoms with E-state index in [1.165, 1.54) is 12.0 Å². The molecule has 0 aliphatic heterocycles. The lowest BCUT2D eigenvalue weighted by atomic mass is 10.3. The SMILES string of the molecule is CCN(CCOC)C(=O)NCC(OC)C(=O)O. The third-order valence-corrected chi connectivity index (χ3v) is 2.23. The zero-order valence-electron chi connectivity index (χ0n) is 10.4. The lowest BCUT2D eigenvalue weighted by Crippen LogP contribution is -2.45. The van der Waals surface area contributed by atoms with Gasteiger partial charge in [-0.15, -0.1) is 0 Å². The quantitative estimate of drug-likeness (QED) is 0.619. The highest BCUT2D eigenvalue weighted by atomic mass is 16.5. The number of ether oxygens (including phenoxy) is 2. The fraction of sp³-hybridized carbons (Fsp3) is 0.800. The Balaban J connectivity index is 4.08. The maximum atomic E-state index is 11.6. The highest BCUT2D eigenvalue weighted by molar-refractivity contribution is 5.76.